The van der Waals surface area contributed by atoms with E-state index in [0.717, 1.165) is 0 Å². The molecule has 1 aromatic rings. The topological polar surface area (TPSA) is 128 Å². The summed E-state index contributed by atoms with van der Waals surface area (Å²) in [5.41, 5.74) is 5.96. The van der Waals surface area contributed by atoms with E-state index in [1.54, 1.807) is 13.8 Å². The van der Waals surface area contributed by atoms with E-state index in [4.69, 9.17) is 10.5 Å². The molecule has 4 N–H and O–H groups in total. The van der Waals surface area contributed by atoms with Gasteiger partial charge < -0.3 is 21.1 Å². The summed E-state index contributed by atoms with van der Waals surface area (Å²) in [6.45, 7) is 4.66. The van der Waals surface area contributed by atoms with Crippen molar-refractivity contribution < 1.29 is 28.3 Å². The highest BCUT2D eigenvalue weighted by atomic mass is 19.1. The van der Waals surface area contributed by atoms with E-state index >= 15 is 0 Å². The lowest BCUT2D eigenvalue weighted by atomic mass is 10.00. The molecule has 0 fully saturated rings. The molecule has 0 aliphatic rings. The van der Waals surface area contributed by atoms with Crippen molar-refractivity contribution in [1.82, 2.24) is 10.6 Å². The van der Waals surface area contributed by atoms with Crippen molar-refractivity contribution in [2.24, 2.45) is 11.7 Å². The number of primary amides is 1. The number of halogens is 1. The van der Waals surface area contributed by atoms with Gasteiger partial charge in [0.1, 0.15) is 17.9 Å². The maximum absolute atomic E-state index is 13.1. The van der Waals surface area contributed by atoms with Gasteiger partial charge in [-0.15, -0.1) is 0 Å². The fraction of sp³-hybridized carbons (Fsp3) is 0.474. The minimum absolute atomic E-state index is 0.0384. The number of carbonyl (C=O) groups is 4. The summed E-state index contributed by atoms with van der Waals surface area (Å²) < 4.78 is 17.9. The fourth-order valence-corrected chi connectivity index (χ4v) is 2.56. The second kappa shape index (κ2) is 11.0. The average Bonchev–Trinajstić information content (AvgIpc) is 2.61. The van der Waals surface area contributed by atoms with Gasteiger partial charge in [-0.2, -0.15) is 0 Å². The second-order valence-corrected chi connectivity index (χ2v) is 6.44. The number of amides is 3. The van der Waals surface area contributed by atoms with Crippen molar-refractivity contribution in [2.45, 2.75) is 45.7 Å². The number of esters is 1. The highest BCUT2D eigenvalue weighted by Crippen LogP contribution is 2.10. The van der Waals surface area contributed by atoms with Crippen LogP contribution in [-0.2, 0) is 30.3 Å². The lowest BCUT2D eigenvalue weighted by Crippen LogP contribution is -2.54. The first-order chi connectivity index (χ1) is 13.1. The van der Waals surface area contributed by atoms with Gasteiger partial charge in [0.25, 0.3) is 0 Å². The summed E-state index contributed by atoms with van der Waals surface area (Å²) in [5, 5.41) is 4.97. The molecule has 3 amide bonds. The van der Waals surface area contributed by atoms with Gasteiger partial charge >= 0.3 is 5.97 Å². The number of nitrogens with one attached hydrogen (secondary N) is 2. The molecule has 3 atom stereocenters. The first-order valence-corrected chi connectivity index (χ1v) is 8.91. The van der Waals surface area contributed by atoms with E-state index in [1.165, 1.54) is 31.2 Å². The van der Waals surface area contributed by atoms with Gasteiger partial charge in [0.15, 0.2) is 0 Å². The molecule has 0 aromatic heterocycles. The first kappa shape index (κ1) is 23.1. The molecule has 154 valence electrons. The summed E-state index contributed by atoms with van der Waals surface area (Å²) in [6.07, 6.45) is 0.0495. The lowest BCUT2D eigenvalue weighted by molar-refractivity contribution is -0.148. The molecule has 0 spiro atoms. The zero-order valence-corrected chi connectivity index (χ0v) is 16.2. The molecular weight excluding hydrogens is 369 g/mol. The Morgan fingerprint density at radius 1 is 1.11 bits per heavy atom. The number of rotatable bonds is 10. The summed E-state index contributed by atoms with van der Waals surface area (Å²) in [6, 6.07) is 3.35. The van der Waals surface area contributed by atoms with Crippen molar-refractivity contribution in [3.8, 4) is 0 Å². The maximum atomic E-state index is 13.1. The van der Waals surface area contributed by atoms with E-state index < -0.39 is 47.5 Å². The molecule has 0 saturated heterocycles. The van der Waals surface area contributed by atoms with Gasteiger partial charge in [0.05, 0.1) is 12.5 Å². The summed E-state index contributed by atoms with van der Waals surface area (Å²) in [5.74, 6) is -3.49. The van der Waals surface area contributed by atoms with Gasteiger partial charge in [-0.25, -0.2) is 4.39 Å². The molecule has 8 nitrogen and oxygen atoms in total. The highest BCUT2D eigenvalue weighted by Gasteiger charge is 2.28. The van der Waals surface area contributed by atoms with E-state index in [-0.39, 0.29) is 19.4 Å². The van der Waals surface area contributed by atoms with Crippen molar-refractivity contribution in [1.29, 1.82) is 0 Å². The molecule has 0 aliphatic carbocycles. The Morgan fingerprint density at radius 3 is 2.21 bits per heavy atom. The first-order valence-electron chi connectivity index (χ1n) is 8.91. The average molecular weight is 395 g/mol. The van der Waals surface area contributed by atoms with Crippen LogP contribution in [0, 0.1) is 11.7 Å². The molecule has 9 heteroatoms. The fourth-order valence-electron chi connectivity index (χ4n) is 2.56. The van der Waals surface area contributed by atoms with E-state index in [2.05, 4.69) is 10.6 Å². The Labute approximate surface area is 163 Å². The van der Waals surface area contributed by atoms with Crippen molar-refractivity contribution in [3.63, 3.8) is 0 Å². The number of hydrogen-bond acceptors (Lipinski definition) is 5. The number of benzene rings is 1. The number of carbonyl (C=O) groups excluding carboxylic acids is 4. The van der Waals surface area contributed by atoms with Crippen LogP contribution in [0.3, 0.4) is 0 Å². The van der Waals surface area contributed by atoms with Crippen LogP contribution in [-0.4, -0.2) is 42.4 Å². The molecule has 0 radical (unpaired) electrons. The van der Waals surface area contributed by atoms with Crippen molar-refractivity contribution >= 4 is 23.7 Å². The predicted octanol–water partition coefficient (Wildman–Crippen LogP) is 0.432. The SMILES string of the molecule is CCOC(=O)[C@H](C)C[C@H](NC(=O)[C@@H](Cc1ccc(F)cc1)NC(C)=O)C(N)=O. The van der Waals surface area contributed by atoms with E-state index in [9.17, 15) is 23.6 Å². The third kappa shape index (κ3) is 7.73. The van der Waals surface area contributed by atoms with Gasteiger partial charge in [0.2, 0.25) is 17.7 Å². The third-order valence-electron chi connectivity index (χ3n) is 3.99. The Balaban J connectivity index is 2.86. The molecular formula is C19H26FN3O5. The monoisotopic (exact) mass is 395 g/mol. The largest absolute Gasteiger partial charge is 0.466 e. The quantitative estimate of drug-likeness (QED) is 0.495. The van der Waals surface area contributed by atoms with Crippen LogP contribution in [0.5, 0.6) is 0 Å². The maximum Gasteiger partial charge on any atom is 0.308 e. The Bertz CT molecular complexity index is 708. The normalized spacial score (nSPS) is 13.7. The molecule has 1 rings (SSSR count). The molecule has 1 aromatic carbocycles. The van der Waals surface area contributed by atoms with Crippen LogP contribution in [0.1, 0.15) is 32.8 Å². The van der Waals surface area contributed by atoms with Gasteiger partial charge in [-0.3, -0.25) is 19.2 Å². The van der Waals surface area contributed by atoms with Crippen LogP contribution < -0.4 is 16.4 Å². The van der Waals surface area contributed by atoms with Gasteiger partial charge in [-0.05, 0) is 31.0 Å². The van der Waals surface area contributed by atoms with Gasteiger partial charge in [0, 0.05) is 13.3 Å². The molecule has 0 unspecified atom stereocenters. The van der Waals surface area contributed by atoms with Crippen molar-refractivity contribution in [3.05, 3.63) is 35.6 Å². The number of ether oxygens (including phenoxy) is 1. The zero-order chi connectivity index (χ0) is 21.3. The van der Waals surface area contributed by atoms with E-state index in [0.29, 0.717) is 5.56 Å². The van der Waals surface area contributed by atoms with Crippen LogP contribution in [0.25, 0.3) is 0 Å². The van der Waals surface area contributed by atoms with Crippen LogP contribution in [0.4, 0.5) is 4.39 Å². The minimum Gasteiger partial charge on any atom is -0.466 e. The summed E-state index contributed by atoms with van der Waals surface area (Å²) in [4.78, 5) is 47.6. The second-order valence-electron chi connectivity index (χ2n) is 6.44. The standard InChI is InChI=1S/C19H26FN3O5/c1-4-28-19(27)11(2)9-15(17(21)25)23-18(26)16(22-12(3)24)10-13-5-7-14(20)8-6-13/h5-8,11,15-16H,4,9-10H2,1-3H3,(H2,21,25)(H,22,24)(H,23,26)/t11-,15+,16-/m1/s1. The van der Waals surface area contributed by atoms with Crippen LogP contribution in [0.15, 0.2) is 24.3 Å². The van der Waals surface area contributed by atoms with Crippen molar-refractivity contribution in [2.75, 3.05) is 6.61 Å². The summed E-state index contributed by atoms with van der Waals surface area (Å²) in [7, 11) is 0. The lowest BCUT2D eigenvalue weighted by Gasteiger charge is -2.23. The summed E-state index contributed by atoms with van der Waals surface area (Å²) >= 11 is 0. The highest BCUT2D eigenvalue weighted by molar-refractivity contribution is 5.91. The molecule has 0 heterocycles. The van der Waals surface area contributed by atoms with Crippen LogP contribution >= 0.6 is 0 Å². The Hall–Kier alpha value is -2.97. The Kier molecular flexibility index (Phi) is 9.07. The Morgan fingerprint density at radius 2 is 1.71 bits per heavy atom. The van der Waals surface area contributed by atoms with Gasteiger partial charge in [-0.1, -0.05) is 19.1 Å². The number of hydrogen-bond donors (Lipinski definition) is 3. The zero-order valence-electron chi connectivity index (χ0n) is 16.2. The smallest absolute Gasteiger partial charge is 0.308 e. The molecule has 28 heavy (non-hydrogen) atoms. The van der Waals surface area contributed by atoms with E-state index in [1.807, 2.05) is 0 Å². The predicted molar refractivity (Wildman–Crippen MR) is 99.2 cm³/mol. The minimum atomic E-state index is -1.11. The molecule has 0 aliphatic heterocycles. The number of nitrogens with two attached hydrogens (primary N) is 1. The molecule has 0 saturated carbocycles. The molecule has 0 bridgehead atoms. The van der Waals surface area contributed by atoms with Crippen LogP contribution in [0.2, 0.25) is 0 Å². The third-order valence-corrected chi connectivity index (χ3v) is 3.99.